The van der Waals surface area contributed by atoms with E-state index in [0.717, 1.165) is 54.0 Å². The van der Waals surface area contributed by atoms with E-state index in [2.05, 4.69) is 49.1 Å². The molecule has 3 aromatic carbocycles. The fourth-order valence-electron chi connectivity index (χ4n) is 5.75. The largest absolute Gasteiger partial charge is 0.394 e. The number of hydrogen-bond donors (Lipinski definition) is 11. The SMILES string of the molecule is NC(=NCCCCc1ccc2cc(C[C@H](N)C(=O)Nc3ccc(CCCNC[C@H](O)C[C@H](O)[C@H](O)CO)cc3)ccc2c1)NC(=O)c1nc(Cl)c(N)nc1N. The van der Waals surface area contributed by atoms with Gasteiger partial charge in [0.15, 0.2) is 28.4 Å². The van der Waals surface area contributed by atoms with Crippen LogP contribution in [0.2, 0.25) is 5.15 Å². The Hall–Kier alpha value is -4.94. The number of anilines is 3. The molecule has 0 radical (unpaired) electrons. The number of rotatable bonds is 20. The topological polar surface area (TPSA) is 293 Å². The molecule has 4 aromatic rings. The number of benzene rings is 3. The van der Waals surface area contributed by atoms with Gasteiger partial charge >= 0.3 is 0 Å². The zero-order valence-electron chi connectivity index (χ0n) is 30.5. The minimum atomic E-state index is -1.27. The molecular formula is C38H51ClN10O6. The molecule has 0 fully saturated rings. The van der Waals surface area contributed by atoms with Crippen LogP contribution >= 0.6 is 11.6 Å². The first-order valence-corrected chi connectivity index (χ1v) is 18.4. The van der Waals surface area contributed by atoms with Crippen LogP contribution in [-0.2, 0) is 24.1 Å². The number of nitrogens with one attached hydrogen (secondary N) is 3. The molecule has 1 aromatic heterocycles. The molecule has 4 atom stereocenters. The van der Waals surface area contributed by atoms with Crippen molar-refractivity contribution < 1.29 is 30.0 Å². The summed E-state index contributed by atoms with van der Waals surface area (Å²) in [5, 5.41) is 48.4. The van der Waals surface area contributed by atoms with Gasteiger partial charge in [-0.25, -0.2) is 9.97 Å². The average molecular weight is 779 g/mol. The van der Waals surface area contributed by atoms with E-state index in [-0.39, 0.29) is 47.3 Å². The summed E-state index contributed by atoms with van der Waals surface area (Å²) in [6.45, 7) is 0.764. The summed E-state index contributed by atoms with van der Waals surface area (Å²) in [5.41, 5.74) is 27.1. The van der Waals surface area contributed by atoms with Crippen molar-refractivity contribution in [1.82, 2.24) is 20.6 Å². The second-order valence-electron chi connectivity index (χ2n) is 13.3. The van der Waals surface area contributed by atoms with Crippen LogP contribution in [0.4, 0.5) is 17.3 Å². The number of aromatic nitrogens is 2. The van der Waals surface area contributed by atoms with Crippen molar-refractivity contribution in [3.05, 3.63) is 88.2 Å². The summed E-state index contributed by atoms with van der Waals surface area (Å²) in [4.78, 5) is 37.1. The summed E-state index contributed by atoms with van der Waals surface area (Å²) in [7, 11) is 0. The van der Waals surface area contributed by atoms with Gasteiger partial charge in [0.05, 0.1) is 24.9 Å². The highest BCUT2D eigenvalue weighted by molar-refractivity contribution is 6.31. The van der Waals surface area contributed by atoms with E-state index >= 15 is 0 Å². The summed E-state index contributed by atoms with van der Waals surface area (Å²) >= 11 is 5.83. The Bertz CT molecular complexity index is 1920. The number of fused-ring (bicyclic) bond motifs is 1. The normalized spacial score (nSPS) is 14.0. The Balaban J connectivity index is 1.15. The molecular weight excluding hydrogens is 728 g/mol. The van der Waals surface area contributed by atoms with E-state index in [4.69, 9.17) is 39.6 Å². The minimum absolute atomic E-state index is 0.0293. The highest BCUT2D eigenvalue weighted by Gasteiger charge is 2.20. The van der Waals surface area contributed by atoms with Gasteiger partial charge in [0.1, 0.15) is 6.10 Å². The molecule has 296 valence electrons. The number of nitrogen functional groups attached to an aromatic ring is 2. The molecule has 0 aliphatic carbocycles. The number of halogens is 1. The smallest absolute Gasteiger partial charge is 0.280 e. The van der Waals surface area contributed by atoms with Crippen molar-refractivity contribution >= 4 is 57.5 Å². The van der Waals surface area contributed by atoms with Gasteiger partial charge < -0.3 is 54.0 Å². The lowest BCUT2D eigenvalue weighted by atomic mass is 9.98. The molecule has 17 heteroatoms. The lowest BCUT2D eigenvalue weighted by Crippen LogP contribution is -2.38. The third kappa shape index (κ3) is 13.7. The highest BCUT2D eigenvalue weighted by Crippen LogP contribution is 2.21. The van der Waals surface area contributed by atoms with Gasteiger partial charge in [0, 0.05) is 25.2 Å². The van der Waals surface area contributed by atoms with Crippen LogP contribution in [0.5, 0.6) is 0 Å². The minimum Gasteiger partial charge on any atom is -0.394 e. The van der Waals surface area contributed by atoms with Gasteiger partial charge in [-0.1, -0.05) is 60.1 Å². The van der Waals surface area contributed by atoms with Gasteiger partial charge in [-0.3, -0.25) is 19.9 Å². The fraction of sp³-hybridized carbons (Fsp3) is 0.395. The first-order valence-electron chi connectivity index (χ1n) is 18.1. The molecule has 0 bridgehead atoms. The van der Waals surface area contributed by atoms with Crippen molar-refractivity contribution in [2.45, 2.75) is 69.3 Å². The lowest BCUT2D eigenvalue weighted by Gasteiger charge is -2.19. The molecule has 2 amide bonds. The predicted octanol–water partition coefficient (Wildman–Crippen LogP) is 1.01. The molecule has 55 heavy (non-hydrogen) atoms. The predicted molar refractivity (Wildman–Crippen MR) is 214 cm³/mol. The molecule has 15 N–H and O–H groups in total. The second kappa shape index (κ2) is 21.2. The van der Waals surface area contributed by atoms with Crippen molar-refractivity contribution in [2.24, 2.45) is 16.5 Å². The van der Waals surface area contributed by atoms with Crippen LogP contribution in [0.1, 0.15) is 52.9 Å². The quantitative estimate of drug-likeness (QED) is 0.0340. The number of carbonyl (C=O) groups is 2. The number of nitrogens with zero attached hydrogens (tertiary/aromatic N) is 3. The van der Waals surface area contributed by atoms with Crippen molar-refractivity contribution in [3.63, 3.8) is 0 Å². The zero-order valence-corrected chi connectivity index (χ0v) is 31.3. The number of aryl methyl sites for hydroxylation is 2. The average Bonchev–Trinajstić information content (AvgIpc) is 3.16. The molecule has 0 saturated heterocycles. The van der Waals surface area contributed by atoms with Crippen molar-refractivity contribution in [2.75, 3.05) is 43.0 Å². The van der Waals surface area contributed by atoms with Crippen LogP contribution in [0.15, 0.2) is 65.7 Å². The maximum absolute atomic E-state index is 12.9. The molecule has 4 rings (SSSR count). The maximum atomic E-state index is 12.9. The molecule has 16 nitrogen and oxygen atoms in total. The number of aliphatic hydroxyl groups is 4. The summed E-state index contributed by atoms with van der Waals surface area (Å²) in [5.74, 6) is -1.28. The number of amides is 2. The van der Waals surface area contributed by atoms with Crippen molar-refractivity contribution in [1.29, 1.82) is 0 Å². The van der Waals surface area contributed by atoms with Crippen LogP contribution in [0, 0.1) is 0 Å². The Labute approximate surface area is 324 Å². The number of carbonyl (C=O) groups excluding carboxylic acids is 2. The first kappa shape index (κ1) is 42.8. The third-order valence-electron chi connectivity index (χ3n) is 8.84. The van der Waals surface area contributed by atoms with Gasteiger partial charge in [0.25, 0.3) is 5.91 Å². The Morgan fingerprint density at radius 1 is 0.836 bits per heavy atom. The molecule has 0 aliphatic rings. The number of aliphatic imine (C=N–C) groups is 1. The zero-order chi connectivity index (χ0) is 39.9. The Morgan fingerprint density at radius 2 is 1.49 bits per heavy atom. The monoisotopic (exact) mass is 778 g/mol. The Morgan fingerprint density at radius 3 is 2.20 bits per heavy atom. The van der Waals surface area contributed by atoms with Gasteiger partial charge in [0.2, 0.25) is 5.91 Å². The van der Waals surface area contributed by atoms with E-state index in [0.29, 0.717) is 25.2 Å². The molecule has 0 spiro atoms. The third-order valence-corrected chi connectivity index (χ3v) is 9.12. The van der Waals surface area contributed by atoms with E-state index in [1.165, 1.54) is 5.56 Å². The number of nitrogens with two attached hydrogens (primary N) is 4. The number of guanidine groups is 1. The van der Waals surface area contributed by atoms with Crippen molar-refractivity contribution in [3.8, 4) is 0 Å². The van der Waals surface area contributed by atoms with Crippen LogP contribution in [-0.4, -0.2) is 98.8 Å². The van der Waals surface area contributed by atoms with Crippen LogP contribution < -0.4 is 38.9 Å². The number of unbranched alkanes of at least 4 members (excludes halogenated alkanes) is 1. The molecule has 1 heterocycles. The summed E-state index contributed by atoms with van der Waals surface area (Å²) in [6.07, 6.45) is 1.09. The standard InChI is InChI=1S/C38H51ClN10O6/c39-33-35(42)48-34(41)32(47-33)37(55)49-38(43)45-15-2-1-4-23-6-10-26-17-24(7-11-25(26)16-23)18-29(40)36(54)46-27-12-8-22(9-13-27)5-3-14-44-20-28(51)19-30(52)31(53)21-50/h6-13,16-17,28-31,44,50-53H,1-5,14-15,18-21,40H2,(H,46,54)(H4,41,42,48)(H3,43,45,49,55)/t28-,29+,30+,31-/m1/s1. The van der Waals surface area contributed by atoms with E-state index < -0.39 is 36.9 Å². The van der Waals surface area contributed by atoms with Crippen LogP contribution in [0.25, 0.3) is 10.8 Å². The Kier molecular flexibility index (Phi) is 16.5. The number of hydrogen-bond acceptors (Lipinski definition) is 13. The first-order chi connectivity index (χ1) is 26.3. The van der Waals surface area contributed by atoms with E-state index in [9.17, 15) is 24.9 Å². The summed E-state index contributed by atoms with van der Waals surface area (Å²) in [6, 6.07) is 19.2. The summed E-state index contributed by atoms with van der Waals surface area (Å²) < 4.78 is 0. The lowest BCUT2D eigenvalue weighted by molar-refractivity contribution is -0.117. The molecule has 0 unspecified atom stereocenters. The number of aliphatic hydroxyl groups excluding tert-OH is 4. The molecule has 0 aliphatic heterocycles. The highest BCUT2D eigenvalue weighted by atomic mass is 35.5. The van der Waals surface area contributed by atoms with Gasteiger partial charge in [-0.05, 0) is 84.7 Å². The van der Waals surface area contributed by atoms with E-state index in [1.54, 1.807) is 0 Å². The fourth-order valence-corrected chi connectivity index (χ4v) is 5.88. The van der Waals surface area contributed by atoms with Gasteiger partial charge in [-0.2, -0.15) is 0 Å². The van der Waals surface area contributed by atoms with Gasteiger partial charge in [-0.15, -0.1) is 0 Å². The maximum Gasteiger partial charge on any atom is 0.280 e. The second-order valence-corrected chi connectivity index (χ2v) is 13.7. The molecule has 0 saturated carbocycles. The van der Waals surface area contributed by atoms with E-state index in [1.807, 2.05) is 42.5 Å². The van der Waals surface area contributed by atoms with Crippen LogP contribution in [0.3, 0.4) is 0 Å².